The van der Waals surface area contributed by atoms with Crippen LogP contribution in [0.15, 0.2) is 30.3 Å². The van der Waals surface area contributed by atoms with E-state index in [1.54, 1.807) is 0 Å². The second kappa shape index (κ2) is 9.01. The van der Waals surface area contributed by atoms with E-state index in [2.05, 4.69) is 80.7 Å². The first-order chi connectivity index (χ1) is 13.0. The van der Waals surface area contributed by atoms with Crippen molar-refractivity contribution < 1.29 is 0 Å². The molecule has 27 heavy (non-hydrogen) atoms. The molecule has 0 amide bonds. The van der Waals surface area contributed by atoms with Crippen LogP contribution in [0.5, 0.6) is 0 Å². The molecule has 1 saturated heterocycles. The third-order valence-electron chi connectivity index (χ3n) is 4.71. The number of nitrogens with zero attached hydrogens (tertiary/aromatic N) is 5. The third-order valence-corrected chi connectivity index (χ3v) is 4.71. The Bertz CT molecular complexity index is 722. The first kappa shape index (κ1) is 19.4. The summed E-state index contributed by atoms with van der Waals surface area (Å²) in [7, 11) is 6.30. The summed E-state index contributed by atoms with van der Waals surface area (Å²) in [5.41, 5.74) is 3.21. The average molecular weight is 370 g/mol. The van der Waals surface area contributed by atoms with E-state index < -0.39 is 0 Å². The Kier molecular flexibility index (Phi) is 6.47. The Morgan fingerprint density at radius 1 is 1.04 bits per heavy atom. The zero-order valence-corrected chi connectivity index (χ0v) is 16.9. The molecule has 7 heteroatoms. The predicted octanol–water partition coefficient (Wildman–Crippen LogP) is 2.25. The summed E-state index contributed by atoms with van der Waals surface area (Å²) < 4.78 is 0. The van der Waals surface area contributed by atoms with Crippen molar-refractivity contribution in [2.75, 3.05) is 75.9 Å². The summed E-state index contributed by atoms with van der Waals surface area (Å²) in [6, 6.07) is 10.5. The topological polar surface area (TPSA) is 59.6 Å². The number of aromatic nitrogens is 2. The first-order valence-electron chi connectivity index (χ1n) is 9.54. The van der Waals surface area contributed by atoms with E-state index in [1.165, 1.54) is 5.69 Å². The number of anilines is 4. The van der Waals surface area contributed by atoms with Gasteiger partial charge in [0.2, 0.25) is 5.95 Å². The summed E-state index contributed by atoms with van der Waals surface area (Å²) in [6.45, 7) is 8.17. The maximum atomic E-state index is 4.58. The molecular weight excluding hydrogens is 338 g/mol. The van der Waals surface area contributed by atoms with Gasteiger partial charge in [-0.3, -0.25) is 0 Å². The SMILES string of the molecule is Cc1cc(NCCN(C)C)nc(Nc2ccc(N3CCN(C)CC3)cc2)n1. The quantitative estimate of drug-likeness (QED) is 0.776. The lowest BCUT2D eigenvalue weighted by Crippen LogP contribution is -2.44. The van der Waals surface area contributed by atoms with Gasteiger partial charge in [0.05, 0.1) is 0 Å². The van der Waals surface area contributed by atoms with Crippen LogP contribution < -0.4 is 15.5 Å². The van der Waals surface area contributed by atoms with Gasteiger partial charge in [0.1, 0.15) is 5.82 Å². The normalized spacial score (nSPS) is 15.2. The van der Waals surface area contributed by atoms with Crippen LogP contribution in [0.3, 0.4) is 0 Å². The van der Waals surface area contributed by atoms with Gasteiger partial charge in [-0.05, 0) is 52.3 Å². The summed E-state index contributed by atoms with van der Waals surface area (Å²) in [5, 5.41) is 6.68. The molecule has 7 nitrogen and oxygen atoms in total. The fraction of sp³-hybridized carbons (Fsp3) is 0.500. The Balaban J connectivity index is 1.62. The van der Waals surface area contributed by atoms with E-state index in [-0.39, 0.29) is 0 Å². The Labute approximate surface area is 162 Å². The van der Waals surface area contributed by atoms with Gasteiger partial charge in [0.15, 0.2) is 0 Å². The zero-order chi connectivity index (χ0) is 19.2. The molecule has 0 saturated carbocycles. The van der Waals surface area contributed by atoms with Crippen molar-refractivity contribution in [3.63, 3.8) is 0 Å². The van der Waals surface area contributed by atoms with Crippen molar-refractivity contribution in [1.29, 1.82) is 0 Å². The summed E-state index contributed by atoms with van der Waals surface area (Å²) >= 11 is 0. The Morgan fingerprint density at radius 3 is 2.41 bits per heavy atom. The van der Waals surface area contributed by atoms with Crippen LogP contribution in [0.4, 0.5) is 23.1 Å². The zero-order valence-electron chi connectivity index (χ0n) is 16.9. The van der Waals surface area contributed by atoms with Crippen molar-refractivity contribution in [3.05, 3.63) is 36.0 Å². The summed E-state index contributed by atoms with van der Waals surface area (Å²) in [6.07, 6.45) is 0. The van der Waals surface area contributed by atoms with Crippen molar-refractivity contribution in [2.45, 2.75) is 6.92 Å². The molecule has 0 unspecified atom stereocenters. The van der Waals surface area contributed by atoms with E-state index in [1.807, 2.05) is 13.0 Å². The maximum absolute atomic E-state index is 4.58. The average Bonchev–Trinajstić information content (AvgIpc) is 2.62. The molecular formula is C20H31N7. The lowest BCUT2D eigenvalue weighted by atomic mass is 10.2. The van der Waals surface area contributed by atoms with E-state index in [9.17, 15) is 0 Å². The number of nitrogens with one attached hydrogen (secondary N) is 2. The molecule has 1 aromatic carbocycles. The predicted molar refractivity (Wildman–Crippen MR) is 113 cm³/mol. The standard InChI is InChI=1S/C20H31N7/c1-16-15-19(21-9-10-25(2)3)24-20(22-16)23-17-5-7-18(8-6-17)27-13-11-26(4)12-14-27/h5-8,15H,9-14H2,1-4H3,(H2,21,22,23,24). The van der Waals surface area contributed by atoms with Crippen LogP contribution >= 0.6 is 0 Å². The molecule has 146 valence electrons. The van der Waals surface area contributed by atoms with Gasteiger partial charge in [-0.2, -0.15) is 4.98 Å². The molecule has 0 atom stereocenters. The van der Waals surface area contributed by atoms with Crippen LogP contribution in [0.1, 0.15) is 5.69 Å². The molecule has 0 spiro atoms. The molecule has 1 aromatic heterocycles. The number of rotatable bonds is 7. The molecule has 0 aliphatic carbocycles. The highest BCUT2D eigenvalue weighted by atomic mass is 15.2. The number of benzene rings is 1. The van der Waals surface area contributed by atoms with Crippen molar-refractivity contribution in [3.8, 4) is 0 Å². The smallest absolute Gasteiger partial charge is 0.229 e. The van der Waals surface area contributed by atoms with E-state index >= 15 is 0 Å². The summed E-state index contributed by atoms with van der Waals surface area (Å²) in [4.78, 5) is 16.0. The minimum Gasteiger partial charge on any atom is -0.369 e. The van der Waals surface area contributed by atoms with Crippen LogP contribution in [0, 0.1) is 6.92 Å². The molecule has 0 bridgehead atoms. The Hall–Kier alpha value is -2.38. The highest BCUT2D eigenvalue weighted by Crippen LogP contribution is 2.21. The van der Waals surface area contributed by atoms with E-state index in [4.69, 9.17) is 0 Å². The van der Waals surface area contributed by atoms with Crippen molar-refractivity contribution >= 4 is 23.1 Å². The lowest BCUT2D eigenvalue weighted by molar-refractivity contribution is 0.313. The van der Waals surface area contributed by atoms with E-state index in [0.717, 1.165) is 56.5 Å². The minimum atomic E-state index is 0.620. The van der Waals surface area contributed by atoms with Crippen LogP contribution in [-0.2, 0) is 0 Å². The monoisotopic (exact) mass is 369 g/mol. The third kappa shape index (κ3) is 5.80. The highest BCUT2D eigenvalue weighted by molar-refractivity contribution is 5.60. The van der Waals surface area contributed by atoms with Gasteiger partial charge in [-0.25, -0.2) is 4.98 Å². The Morgan fingerprint density at radius 2 is 1.74 bits per heavy atom. The fourth-order valence-electron chi connectivity index (χ4n) is 3.07. The minimum absolute atomic E-state index is 0.620. The molecule has 2 aromatic rings. The molecule has 1 fully saturated rings. The lowest BCUT2D eigenvalue weighted by Gasteiger charge is -2.34. The van der Waals surface area contributed by atoms with Crippen LogP contribution in [0.25, 0.3) is 0 Å². The van der Waals surface area contributed by atoms with Gasteiger partial charge in [-0.1, -0.05) is 0 Å². The van der Waals surface area contributed by atoms with Gasteiger partial charge in [0, 0.05) is 62.4 Å². The van der Waals surface area contributed by atoms with Gasteiger partial charge >= 0.3 is 0 Å². The molecule has 2 heterocycles. The summed E-state index contributed by atoms with van der Waals surface area (Å²) in [5.74, 6) is 1.47. The fourth-order valence-corrected chi connectivity index (χ4v) is 3.07. The van der Waals surface area contributed by atoms with E-state index in [0.29, 0.717) is 5.95 Å². The number of hydrogen-bond donors (Lipinski definition) is 2. The number of aryl methyl sites for hydroxylation is 1. The maximum Gasteiger partial charge on any atom is 0.229 e. The second-order valence-corrected chi connectivity index (χ2v) is 7.41. The van der Waals surface area contributed by atoms with Crippen molar-refractivity contribution in [2.24, 2.45) is 0 Å². The molecule has 2 N–H and O–H groups in total. The molecule has 1 aliphatic heterocycles. The molecule has 3 rings (SSSR count). The highest BCUT2D eigenvalue weighted by Gasteiger charge is 2.14. The second-order valence-electron chi connectivity index (χ2n) is 7.41. The number of likely N-dealkylation sites (N-methyl/N-ethyl adjacent to an activating group) is 2. The molecule has 1 aliphatic rings. The van der Waals surface area contributed by atoms with Crippen LogP contribution in [0.2, 0.25) is 0 Å². The molecule has 0 radical (unpaired) electrons. The number of hydrogen-bond acceptors (Lipinski definition) is 7. The largest absolute Gasteiger partial charge is 0.369 e. The van der Waals surface area contributed by atoms with Gasteiger partial charge in [0.25, 0.3) is 0 Å². The van der Waals surface area contributed by atoms with Gasteiger partial charge in [-0.15, -0.1) is 0 Å². The van der Waals surface area contributed by atoms with Gasteiger partial charge < -0.3 is 25.3 Å². The van der Waals surface area contributed by atoms with Crippen LogP contribution in [-0.4, -0.2) is 80.2 Å². The van der Waals surface area contributed by atoms with Crippen molar-refractivity contribution in [1.82, 2.24) is 19.8 Å². The first-order valence-corrected chi connectivity index (χ1v) is 9.54. The number of piperazine rings is 1.